The van der Waals surface area contributed by atoms with Gasteiger partial charge in [-0.3, -0.25) is 0 Å². The average molecular weight is 547 g/mol. The molecule has 0 saturated carbocycles. The van der Waals surface area contributed by atoms with Crippen molar-refractivity contribution in [2.24, 2.45) is 38.4 Å². The second-order valence-electron chi connectivity index (χ2n) is 17.6. The Hall–Kier alpha value is -1.56. The molecule has 0 heterocycles. The Kier molecular flexibility index (Phi) is 10.7. The summed E-state index contributed by atoms with van der Waals surface area (Å²) in [6.45, 7) is 37.5. The van der Waals surface area contributed by atoms with Gasteiger partial charge in [-0.2, -0.15) is 0 Å². The third-order valence-corrected chi connectivity index (χ3v) is 12.2. The van der Waals surface area contributed by atoms with Gasteiger partial charge in [0.25, 0.3) is 0 Å². The first-order valence-corrected chi connectivity index (χ1v) is 16.2. The van der Waals surface area contributed by atoms with Crippen LogP contribution in [0.5, 0.6) is 0 Å². The van der Waals surface area contributed by atoms with Gasteiger partial charge in [0.05, 0.1) is 0 Å². The van der Waals surface area contributed by atoms with Gasteiger partial charge in [0, 0.05) is 0 Å². The standard InChI is InChI=1S/C40H66/c1-16-36(6,7)33(31-23-19-17-20-24-31)29-38(10,11)39(12,13)30(2)27-37(8,9)40(14,15)34(28-35(3,4)5)32-25-21-18-22-26-32/h17-26,30,33-34H,16,27-29H2,1-15H3. The van der Waals surface area contributed by atoms with Crippen LogP contribution in [-0.2, 0) is 0 Å². The van der Waals surface area contributed by atoms with Gasteiger partial charge >= 0.3 is 0 Å². The van der Waals surface area contributed by atoms with Gasteiger partial charge in [-0.1, -0.05) is 171 Å². The Bertz CT molecular complexity index is 1030. The first-order chi connectivity index (χ1) is 18.1. The molecule has 226 valence electrons. The molecule has 0 aliphatic heterocycles. The minimum atomic E-state index is 0.146. The maximum absolute atomic E-state index is 2.56. The molecule has 3 atom stereocenters. The zero-order valence-electron chi connectivity index (χ0n) is 29.3. The summed E-state index contributed by atoms with van der Waals surface area (Å²) in [5.41, 5.74) is 4.22. The van der Waals surface area contributed by atoms with E-state index < -0.39 is 0 Å². The summed E-state index contributed by atoms with van der Waals surface area (Å²) in [5.74, 6) is 1.64. The van der Waals surface area contributed by atoms with Crippen molar-refractivity contribution in [3.8, 4) is 0 Å². The van der Waals surface area contributed by atoms with Crippen molar-refractivity contribution in [2.75, 3.05) is 0 Å². The molecule has 2 rings (SSSR count). The van der Waals surface area contributed by atoms with E-state index in [1.807, 2.05) is 0 Å². The molecule has 3 unspecified atom stereocenters. The number of hydrogen-bond acceptors (Lipinski definition) is 0. The molecule has 40 heavy (non-hydrogen) atoms. The molecule has 0 heteroatoms. The van der Waals surface area contributed by atoms with Crippen molar-refractivity contribution >= 4 is 0 Å². The molecule has 0 saturated heterocycles. The van der Waals surface area contributed by atoms with Crippen molar-refractivity contribution in [2.45, 2.75) is 141 Å². The zero-order chi connectivity index (χ0) is 30.8. The van der Waals surface area contributed by atoms with Gasteiger partial charge in [0.2, 0.25) is 0 Å². The van der Waals surface area contributed by atoms with Crippen LogP contribution in [0.3, 0.4) is 0 Å². The number of benzene rings is 2. The van der Waals surface area contributed by atoms with Crippen LogP contribution in [0.4, 0.5) is 0 Å². The van der Waals surface area contributed by atoms with Crippen LogP contribution in [-0.4, -0.2) is 0 Å². The van der Waals surface area contributed by atoms with Gasteiger partial charge in [-0.25, -0.2) is 0 Å². The van der Waals surface area contributed by atoms with Crippen LogP contribution in [0.25, 0.3) is 0 Å². The molecular formula is C40H66. The Morgan fingerprint density at radius 3 is 1.30 bits per heavy atom. The van der Waals surface area contributed by atoms with Crippen molar-refractivity contribution in [3.05, 3.63) is 71.8 Å². The molecule has 0 aromatic heterocycles. The summed E-state index contributed by atoms with van der Waals surface area (Å²) >= 11 is 0. The van der Waals surface area contributed by atoms with E-state index in [1.165, 1.54) is 36.8 Å². The monoisotopic (exact) mass is 547 g/mol. The van der Waals surface area contributed by atoms with Crippen LogP contribution < -0.4 is 0 Å². The SMILES string of the molecule is CCC(C)(C)C(CC(C)(C)C(C)(C)C(C)CC(C)(C)C(C)(C)C(CC(C)(C)C)c1ccccc1)c1ccccc1. The lowest BCUT2D eigenvalue weighted by Crippen LogP contribution is -2.45. The van der Waals surface area contributed by atoms with E-state index in [2.05, 4.69) is 165 Å². The lowest BCUT2D eigenvalue weighted by Gasteiger charge is -2.54. The van der Waals surface area contributed by atoms with E-state index in [-0.39, 0.29) is 32.5 Å². The first kappa shape index (κ1) is 34.6. The highest BCUT2D eigenvalue weighted by atomic mass is 14.5. The minimum absolute atomic E-state index is 0.146. The molecule has 0 bridgehead atoms. The first-order valence-electron chi connectivity index (χ1n) is 16.2. The molecule has 0 aliphatic carbocycles. The summed E-state index contributed by atoms with van der Waals surface area (Å²) in [6.07, 6.45) is 4.81. The topological polar surface area (TPSA) is 0 Å². The summed E-state index contributed by atoms with van der Waals surface area (Å²) in [6, 6.07) is 22.7. The summed E-state index contributed by atoms with van der Waals surface area (Å²) in [4.78, 5) is 0. The maximum atomic E-state index is 2.56. The van der Waals surface area contributed by atoms with E-state index in [1.54, 1.807) is 0 Å². The predicted molar refractivity (Wildman–Crippen MR) is 180 cm³/mol. The van der Waals surface area contributed by atoms with Crippen LogP contribution in [0.1, 0.15) is 153 Å². The molecule has 0 nitrogen and oxygen atoms in total. The van der Waals surface area contributed by atoms with Gasteiger partial charge in [0.15, 0.2) is 0 Å². The Balaban J connectivity index is 2.40. The third-order valence-electron chi connectivity index (χ3n) is 12.2. The highest BCUT2D eigenvalue weighted by Crippen LogP contribution is 2.59. The van der Waals surface area contributed by atoms with Crippen LogP contribution in [0, 0.1) is 38.4 Å². The Morgan fingerprint density at radius 1 is 0.500 bits per heavy atom. The highest BCUT2D eigenvalue weighted by Gasteiger charge is 2.50. The summed E-state index contributed by atoms with van der Waals surface area (Å²) in [5, 5.41) is 0. The summed E-state index contributed by atoms with van der Waals surface area (Å²) in [7, 11) is 0. The Labute approximate surface area is 251 Å². The van der Waals surface area contributed by atoms with E-state index in [0.717, 1.165) is 0 Å². The maximum Gasteiger partial charge on any atom is -0.0101 e. The molecule has 2 aromatic rings. The minimum Gasteiger partial charge on any atom is -0.0649 e. The van der Waals surface area contributed by atoms with Crippen molar-refractivity contribution < 1.29 is 0 Å². The normalized spacial score (nSPS) is 16.5. The molecule has 0 radical (unpaired) electrons. The van der Waals surface area contributed by atoms with Crippen LogP contribution in [0.2, 0.25) is 0 Å². The van der Waals surface area contributed by atoms with Crippen molar-refractivity contribution in [3.63, 3.8) is 0 Å². The molecule has 0 N–H and O–H groups in total. The van der Waals surface area contributed by atoms with Gasteiger partial charge in [-0.05, 0) is 80.6 Å². The van der Waals surface area contributed by atoms with Gasteiger partial charge < -0.3 is 0 Å². The lowest BCUT2D eigenvalue weighted by molar-refractivity contribution is -0.0307. The molecule has 0 aliphatic rings. The Morgan fingerprint density at radius 2 is 0.900 bits per heavy atom. The molecule has 0 spiro atoms. The third kappa shape index (κ3) is 7.83. The second kappa shape index (κ2) is 12.4. The fraction of sp³-hybridized carbons (Fsp3) is 0.700. The van der Waals surface area contributed by atoms with Crippen molar-refractivity contribution in [1.29, 1.82) is 0 Å². The quantitative estimate of drug-likeness (QED) is 0.234. The smallest absolute Gasteiger partial charge is 0.0101 e. The van der Waals surface area contributed by atoms with E-state index >= 15 is 0 Å². The number of hydrogen-bond donors (Lipinski definition) is 0. The molecule has 2 aromatic carbocycles. The lowest BCUT2D eigenvalue weighted by atomic mass is 9.50. The largest absolute Gasteiger partial charge is 0.0649 e. The predicted octanol–water partition coefficient (Wildman–Crippen LogP) is 12.9. The van der Waals surface area contributed by atoms with Crippen molar-refractivity contribution in [1.82, 2.24) is 0 Å². The molecule has 0 fully saturated rings. The fourth-order valence-electron chi connectivity index (χ4n) is 7.06. The van der Waals surface area contributed by atoms with E-state index in [0.29, 0.717) is 17.8 Å². The number of rotatable bonds is 13. The zero-order valence-corrected chi connectivity index (χ0v) is 29.3. The highest BCUT2D eigenvalue weighted by molar-refractivity contribution is 5.24. The van der Waals surface area contributed by atoms with Crippen LogP contribution >= 0.6 is 0 Å². The van der Waals surface area contributed by atoms with E-state index in [9.17, 15) is 0 Å². The van der Waals surface area contributed by atoms with Gasteiger partial charge in [0.1, 0.15) is 0 Å². The molecule has 0 amide bonds. The van der Waals surface area contributed by atoms with Crippen LogP contribution in [0.15, 0.2) is 60.7 Å². The summed E-state index contributed by atoms with van der Waals surface area (Å²) < 4.78 is 0. The van der Waals surface area contributed by atoms with Gasteiger partial charge in [-0.15, -0.1) is 0 Å². The van der Waals surface area contributed by atoms with E-state index in [4.69, 9.17) is 0 Å². The second-order valence-corrected chi connectivity index (χ2v) is 17.6. The average Bonchev–Trinajstić information content (AvgIpc) is 2.85. The molecular weight excluding hydrogens is 480 g/mol. The fourth-order valence-corrected chi connectivity index (χ4v) is 7.06.